The van der Waals surface area contributed by atoms with Crippen molar-refractivity contribution in [2.75, 3.05) is 27.2 Å². The maximum Gasteiger partial charge on any atom is 0.267 e. The van der Waals surface area contributed by atoms with E-state index in [-0.39, 0.29) is 47.4 Å². The Morgan fingerprint density at radius 1 is 0.774 bits per heavy atom. The third-order valence-corrected chi connectivity index (χ3v) is 12.9. The molecule has 0 spiro atoms. The molecule has 19 heteroatoms. The number of carbonyl (C=O) groups excluding carboxylic acids is 4. The predicted molar refractivity (Wildman–Crippen MR) is 217 cm³/mol. The molecule has 13 nitrogen and oxygen atoms in total. The van der Waals surface area contributed by atoms with Gasteiger partial charge in [-0.1, -0.05) is 0 Å². The average Bonchev–Trinajstić information content (AvgIpc) is 4.14. The second-order valence-corrected chi connectivity index (χ2v) is 17.6. The number of halogens is 6. The molecule has 2 aliphatic carbocycles. The van der Waals surface area contributed by atoms with Gasteiger partial charge in [0, 0.05) is 42.4 Å². The monoisotopic (exact) mass is 871 g/mol. The molecule has 2 aliphatic heterocycles. The van der Waals surface area contributed by atoms with Crippen LogP contribution < -0.4 is 21.3 Å². The van der Waals surface area contributed by atoms with E-state index < -0.39 is 109 Å². The lowest BCUT2D eigenvalue weighted by atomic mass is 9.98. The van der Waals surface area contributed by atoms with Crippen LogP contribution in [0.5, 0.6) is 0 Å². The number of alkyl halides is 4. The highest BCUT2D eigenvalue weighted by atomic mass is 19.3. The summed E-state index contributed by atoms with van der Waals surface area (Å²) in [6, 6.07) is 2.05. The van der Waals surface area contributed by atoms with Crippen LogP contribution in [0.3, 0.4) is 0 Å². The van der Waals surface area contributed by atoms with Gasteiger partial charge in [-0.05, 0) is 108 Å². The van der Waals surface area contributed by atoms with Gasteiger partial charge in [0.1, 0.15) is 23.7 Å². The van der Waals surface area contributed by atoms with Crippen LogP contribution in [0.4, 0.5) is 26.3 Å². The number of imidazole rings is 1. The number of carbonyl (C=O) groups is 4. The molecule has 4 aliphatic rings. The number of fused-ring (bicyclic) bond motifs is 2. The molecule has 2 saturated heterocycles. The lowest BCUT2D eigenvalue weighted by Crippen LogP contribution is -2.55. The van der Waals surface area contributed by atoms with Gasteiger partial charge in [0.2, 0.25) is 23.6 Å². The largest absolute Gasteiger partial charge is 0.352 e. The summed E-state index contributed by atoms with van der Waals surface area (Å²) in [5.74, 6) is -10.4. The molecule has 6 atom stereocenters. The molecule has 62 heavy (non-hydrogen) atoms. The Labute approximate surface area is 353 Å². The Bertz CT molecular complexity index is 2230. The van der Waals surface area contributed by atoms with Crippen LogP contribution in [0, 0.1) is 23.5 Å². The number of likely N-dealkylation sites (N-methyl/N-ethyl adjacent to an activating group) is 2. The number of hydrogen-bond donors (Lipinski definition) is 5. The molecule has 4 fully saturated rings. The van der Waals surface area contributed by atoms with Gasteiger partial charge in [0.05, 0.1) is 47.9 Å². The standard InChI is InChI=1S/C43H51F6N9O4/c1-21(50-3)38(59)54-34(23-5-6-23)40(61)57-19-42(46,47)16-27(57)15-30-29-11-9-25(44)13-31(29)52-36(30)37-53-32-14-26(45)10-12-33(32)56(37)18-28-17-43(48,49)20-58(28)41(62)35(24-7-8-24)55-39(60)22(2)51-4/h9-14,21-24,27-28,34-35,50-52H,5-8,15-20H2,1-4H3,(H,54,59)(H,55,60). The molecule has 2 aromatic carbocycles. The Hall–Kier alpha value is -5.17. The number of rotatable bonds is 15. The molecule has 0 radical (unpaired) electrons. The molecule has 4 aromatic rings. The van der Waals surface area contributed by atoms with Crippen LogP contribution >= 0.6 is 0 Å². The van der Waals surface area contributed by atoms with Crippen LogP contribution in [0.25, 0.3) is 33.5 Å². The van der Waals surface area contributed by atoms with Crippen molar-refractivity contribution in [1.82, 2.24) is 45.6 Å². The Kier molecular flexibility index (Phi) is 11.6. The number of amides is 4. The second-order valence-electron chi connectivity index (χ2n) is 17.6. The van der Waals surface area contributed by atoms with Gasteiger partial charge in [0.25, 0.3) is 11.8 Å². The lowest BCUT2D eigenvalue weighted by molar-refractivity contribution is -0.139. The maximum absolute atomic E-state index is 15.5. The van der Waals surface area contributed by atoms with Gasteiger partial charge in [-0.3, -0.25) is 19.2 Å². The zero-order chi connectivity index (χ0) is 44.4. The fourth-order valence-electron chi connectivity index (χ4n) is 9.01. The highest BCUT2D eigenvalue weighted by Gasteiger charge is 2.52. The number of aromatic amines is 1. The maximum atomic E-state index is 15.5. The molecule has 2 saturated carbocycles. The fourth-order valence-corrected chi connectivity index (χ4v) is 9.01. The third-order valence-electron chi connectivity index (χ3n) is 12.9. The van der Waals surface area contributed by atoms with Gasteiger partial charge in [-0.25, -0.2) is 31.3 Å². The van der Waals surface area contributed by atoms with Crippen molar-refractivity contribution in [2.45, 2.75) is 113 Å². The first-order valence-corrected chi connectivity index (χ1v) is 21.1. The van der Waals surface area contributed by atoms with Crippen LogP contribution in [0.2, 0.25) is 0 Å². The first kappa shape index (κ1) is 43.5. The minimum Gasteiger partial charge on any atom is -0.352 e. The van der Waals surface area contributed by atoms with E-state index in [9.17, 15) is 28.0 Å². The van der Waals surface area contributed by atoms with Crippen LogP contribution in [0.15, 0.2) is 36.4 Å². The van der Waals surface area contributed by atoms with Crippen molar-refractivity contribution in [2.24, 2.45) is 11.8 Å². The van der Waals surface area contributed by atoms with Crippen molar-refractivity contribution in [3.05, 3.63) is 53.6 Å². The van der Waals surface area contributed by atoms with Crippen molar-refractivity contribution in [3.63, 3.8) is 0 Å². The number of benzene rings is 2. The Morgan fingerprint density at radius 3 is 1.84 bits per heavy atom. The van der Waals surface area contributed by atoms with Gasteiger partial charge < -0.3 is 40.6 Å². The quantitative estimate of drug-likeness (QED) is 0.110. The summed E-state index contributed by atoms with van der Waals surface area (Å²) >= 11 is 0. The SMILES string of the molecule is CNC(C)C(=O)NC(C(=O)N1CC(F)(F)CC1Cc1c(-c2nc3cc(F)ccc3n2CC2CC(F)(F)CN2C(=O)C(NC(=O)C(C)NC)C2CC2)[nH]c2cc(F)ccc12)C1CC1. The number of nitrogens with one attached hydrogen (secondary N) is 5. The van der Waals surface area contributed by atoms with Gasteiger partial charge in [-0.2, -0.15) is 0 Å². The Balaban J connectivity index is 1.18. The second kappa shape index (κ2) is 16.5. The minimum absolute atomic E-state index is 0.0847. The highest BCUT2D eigenvalue weighted by Crippen LogP contribution is 2.43. The molecule has 5 N–H and O–H groups in total. The van der Waals surface area contributed by atoms with Crippen LogP contribution in [-0.2, 0) is 32.1 Å². The third kappa shape index (κ3) is 8.74. The summed E-state index contributed by atoms with van der Waals surface area (Å²) in [5.41, 5.74) is 1.28. The zero-order valence-corrected chi connectivity index (χ0v) is 34.8. The van der Waals surface area contributed by atoms with E-state index in [4.69, 9.17) is 4.98 Å². The van der Waals surface area contributed by atoms with Gasteiger partial charge in [0.15, 0.2) is 5.82 Å². The summed E-state index contributed by atoms with van der Waals surface area (Å²) in [6.45, 7) is 1.17. The van der Waals surface area contributed by atoms with Gasteiger partial charge in [-0.15, -0.1) is 0 Å². The zero-order valence-electron chi connectivity index (χ0n) is 34.8. The van der Waals surface area contributed by atoms with E-state index in [1.807, 2.05) is 0 Å². The molecule has 0 bridgehead atoms. The van der Waals surface area contributed by atoms with Crippen molar-refractivity contribution in [1.29, 1.82) is 0 Å². The average molecular weight is 872 g/mol. The summed E-state index contributed by atoms with van der Waals surface area (Å²) in [6.07, 6.45) is 0.900. The molecule has 334 valence electrons. The number of nitrogens with zero attached hydrogens (tertiary/aromatic N) is 4. The molecule has 6 unspecified atom stereocenters. The first-order chi connectivity index (χ1) is 29.4. The Morgan fingerprint density at radius 2 is 1.29 bits per heavy atom. The van der Waals surface area contributed by atoms with E-state index in [2.05, 4.69) is 26.3 Å². The lowest BCUT2D eigenvalue weighted by Gasteiger charge is -2.30. The summed E-state index contributed by atoms with van der Waals surface area (Å²) in [7, 11) is 3.17. The topological polar surface area (TPSA) is 156 Å². The predicted octanol–water partition coefficient (Wildman–Crippen LogP) is 4.48. The molecular weight excluding hydrogens is 821 g/mol. The number of aromatic nitrogens is 3. The fraction of sp³-hybridized carbons (Fsp3) is 0.558. The molecule has 2 aromatic heterocycles. The molecular formula is C43H51F6N9O4. The van der Waals surface area contributed by atoms with Crippen molar-refractivity contribution in [3.8, 4) is 11.5 Å². The van der Waals surface area contributed by atoms with E-state index in [1.54, 1.807) is 32.5 Å². The minimum atomic E-state index is -3.30. The van der Waals surface area contributed by atoms with Crippen molar-refractivity contribution >= 4 is 45.6 Å². The summed E-state index contributed by atoms with van der Waals surface area (Å²) in [4.78, 5) is 64.4. The highest BCUT2D eigenvalue weighted by molar-refractivity contribution is 5.93. The number of hydrogen-bond acceptors (Lipinski definition) is 7. The summed E-state index contributed by atoms with van der Waals surface area (Å²) in [5, 5.41) is 11.6. The summed E-state index contributed by atoms with van der Waals surface area (Å²) < 4.78 is 93.2. The molecule has 4 heterocycles. The number of H-pyrrole nitrogens is 1. The van der Waals surface area contributed by atoms with Crippen LogP contribution in [-0.4, -0.2) is 123 Å². The van der Waals surface area contributed by atoms with Crippen molar-refractivity contribution < 1.29 is 45.5 Å². The van der Waals surface area contributed by atoms with E-state index in [0.29, 0.717) is 42.1 Å². The molecule has 8 rings (SSSR count). The molecule has 4 amide bonds. The van der Waals surface area contributed by atoms with Gasteiger partial charge >= 0.3 is 0 Å². The van der Waals surface area contributed by atoms with Crippen LogP contribution in [0.1, 0.15) is 57.9 Å². The van der Waals surface area contributed by atoms with E-state index in [0.717, 1.165) is 15.9 Å². The van der Waals surface area contributed by atoms with E-state index in [1.165, 1.54) is 30.3 Å². The smallest absolute Gasteiger partial charge is 0.267 e. The van der Waals surface area contributed by atoms with E-state index >= 15 is 17.6 Å². The normalized spacial score (nSPS) is 22.8. The first-order valence-electron chi connectivity index (χ1n) is 21.1. The number of likely N-dealkylation sites (tertiary alicyclic amines) is 2.